The van der Waals surface area contributed by atoms with Gasteiger partial charge in [-0.1, -0.05) is 5.16 Å². The van der Waals surface area contributed by atoms with Gasteiger partial charge in [0, 0.05) is 5.56 Å². The van der Waals surface area contributed by atoms with Gasteiger partial charge in [-0.15, -0.1) is 11.3 Å². The Hall–Kier alpha value is -0.350. The van der Waals surface area contributed by atoms with E-state index in [4.69, 9.17) is 5.21 Å². The van der Waals surface area contributed by atoms with Crippen LogP contribution < -0.4 is 0 Å². The van der Waals surface area contributed by atoms with Gasteiger partial charge in [0.1, 0.15) is 0 Å². The zero-order valence-corrected chi connectivity index (χ0v) is 6.82. The largest absolute Gasteiger partial charge is 0.411 e. The quantitative estimate of drug-likeness (QED) is 0.426. The summed E-state index contributed by atoms with van der Waals surface area (Å²) in [6.07, 6.45) is 1.39. The molecule has 0 saturated carbocycles. The van der Waals surface area contributed by atoms with E-state index in [-0.39, 0.29) is 0 Å². The lowest BCUT2D eigenvalue weighted by Crippen LogP contribution is -1.73. The summed E-state index contributed by atoms with van der Waals surface area (Å²) in [5.74, 6) is 0. The highest BCUT2D eigenvalue weighted by Crippen LogP contribution is 2.21. The van der Waals surface area contributed by atoms with Crippen molar-refractivity contribution >= 4 is 33.5 Å². The van der Waals surface area contributed by atoms with Crippen LogP contribution in [0.5, 0.6) is 0 Å². The van der Waals surface area contributed by atoms with Gasteiger partial charge in [0.25, 0.3) is 0 Å². The van der Waals surface area contributed by atoms with Crippen molar-refractivity contribution in [1.29, 1.82) is 0 Å². The predicted octanol–water partition coefficient (Wildman–Crippen LogP) is 2.32. The highest BCUT2D eigenvalue weighted by Gasteiger charge is 1.94. The van der Waals surface area contributed by atoms with Crippen molar-refractivity contribution in [3.05, 3.63) is 20.8 Å². The fourth-order valence-corrected chi connectivity index (χ4v) is 1.61. The summed E-state index contributed by atoms with van der Waals surface area (Å²) in [4.78, 5) is 0. The molecule has 0 unspecified atom stereocenters. The zero-order chi connectivity index (χ0) is 6.69. The first kappa shape index (κ1) is 6.77. The third kappa shape index (κ3) is 1.53. The SMILES string of the molecule is ON=Cc1ccsc1Br. The molecule has 2 nitrogen and oxygen atoms in total. The lowest BCUT2D eigenvalue weighted by Gasteiger charge is -1.81. The maximum absolute atomic E-state index is 8.12. The van der Waals surface area contributed by atoms with E-state index < -0.39 is 0 Å². The predicted molar refractivity (Wildman–Crippen MR) is 41.4 cm³/mol. The first-order valence-electron chi connectivity index (χ1n) is 2.25. The summed E-state index contributed by atoms with van der Waals surface area (Å²) in [5, 5.41) is 12.9. The standard InChI is InChI=1S/C5H4BrNOS/c6-5-4(3-7-8)1-2-9-5/h1-3,8H. The number of hydrogen-bond donors (Lipinski definition) is 1. The molecule has 0 aliphatic heterocycles. The number of nitrogens with zero attached hydrogens (tertiary/aromatic N) is 1. The van der Waals surface area contributed by atoms with Gasteiger partial charge < -0.3 is 5.21 Å². The highest BCUT2D eigenvalue weighted by atomic mass is 79.9. The van der Waals surface area contributed by atoms with E-state index in [1.54, 1.807) is 11.3 Å². The van der Waals surface area contributed by atoms with Crippen LogP contribution in [0.25, 0.3) is 0 Å². The normalized spacial score (nSPS) is 10.8. The van der Waals surface area contributed by atoms with Crippen LogP contribution in [0.1, 0.15) is 5.56 Å². The van der Waals surface area contributed by atoms with Crippen molar-refractivity contribution < 1.29 is 5.21 Å². The Balaban J connectivity index is 2.94. The molecule has 0 amide bonds. The molecule has 0 aromatic carbocycles. The highest BCUT2D eigenvalue weighted by molar-refractivity contribution is 9.11. The molecule has 0 bridgehead atoms. The monoisotopic (exact) mass is 205 g/mol. The lowest BCUT2D eigenvalue weighted by atomic mass is 10.4. The third-order valence-electron chi connectivity index (χ3n) is 0.843. The molecule has 0 spiro atoms. The van der Waals surface area contributed by atoms with Gasteiger partial charge in [0.2, 0.25) is 0 Å². The van der Waals surface area contributed by atoms with E-state index >= 15 is 0 Å². The molecule has 0 aliphatic carbocycles. The molecule has 0 atom stereocenters. The average Bonchev–Trinajstić information content (AvgIpc) is 2.18. The van der Waals surface area contributed by atoms with Gasteiger partial charge in [-0.05, 0) is 27.4 Å². The second-order valence-corrected chi connectivity index (χ2v) is 3.63. The van der Waals surface area contributed by atoms with Crippen LogP contribution in [-0.4, -0.2) is 11.4 Å². The van der Waals surface area contributed by atoms with Crippen molar-refractivity contribution in [2.24, 2.45) is 5.16 Å². The topological polar surface area (TPSA) is 32.6 Å². The van der Waals surface area contributed by atoms with E-state index in [2.05, 4.69) is 21.1 Å². The first-order chi connectivity index (χ1) is 4.34. The smallest absolute Gasteiger partial charge is 0.0787 e. The van der Waals surface area contributed by atoms with Gasteiger partial charge in [-0.2, -0.15) is 0 Å². The van der Waals surface area contributed by atoms with E-state index in [1.165, 1.54) is 6.21 Å². The molecule has 0 saturated heterocycles. The third-order valence-corrected chi connectivity index (χ3v) is 2.58. The van der Waals surface area contributed by atoms with Gasteiger partial charge in [0.05, 0.1) is 10.0 Å². The molecular formula is C5H4BrNOS. The van der Waals surface area contributed by atoms with E-state index in [0.717, 1.165) is 9.35 Å². The van der Waals surface area contributed by atoms with Crippen molar-refractivity contribution in [3.63, 3.8) is 0 Å². The van der Waals surface area contributed by atoms with Gasteiger partial charge in [-0.25, -0.2) is 0 Å². The Morgan fingerprint density at radius 2 is 2.56 bits per heavy atom. The first-order valence-corrected chi connectivity index (χ1v) is 3.92. The molecule has 1 N–H and O–H groups in total. The van der Waals surface area contributed by atoms with Crippen LogP contribution in [0.2, 0.25) is 0 Å². The number of oxime groups is 1. The minimum Gasteiger partial charge on any atom is -0.411 e. The summed E-state index contributed by atoms with van der Waals surface area (Å²) in [5.41, 5.74) is 0.905. The van der Waals surface area contributed by atoms with Crippen LogP contribution in [0, 0.1) is 0 Å². The zero-order valence-electron chi connectivity index (χ0n) is 4.41. The van der Waals surface area contributed by atoms with Crippen LogP contribution in [0.15, 0.2) is 20.4 Å². The molecular weight excluding hydrogens is 202 g/mol. The number of rotatable bonds is 1. The van der Waals surface area contributed by atoms with Crippen molar-refractivity contribution in [1.82, 2.24) is 0 Å². The lowest BCUT2D eigenvalue weighted by molar-refractivity contribution is 0.322. The van der Waals surface area contributed by atoms with Gasteiger partial charge in [-0.3, -0.25) is 0 Å². The summed E-state index contributed by atoms with van der Waals surface area (Å²) in [6.45, 7) is 0. The van der Waals surface area contributed by atoms with E-state index in [1.807, 2.05) is 11.4 Å². The average molecular weight is 206 g/mol. The van der Waals surface area contributed by atoms with Gasteiger partial charge >= 0.3 is 0 Å². The Bertz CT molecular complexity index is 220. The molecule has 1 rings (SSSR count). The molecule has 4 heteroatoms. The number of halogens is 1. The Morgan fingerprint density at radius 1 is 1.78 bits per heavy atom. The fraction of sp³-hybridized carbons (Fsp3) is 0. The minimum atomic E-state index is 0.905. The summed E-state index contributed by atoms with van der Waals surface area (Å²) in [7, 11) is 0. The molecule has 1 aromatic heterocycles. The second-order valence-electron chi connectivity index (χ2n) is 1.39. The molecule has 0 fully saturated rings. The van der Waals surface area contributed by atoms with E-state index in [9.17, 15) is 0 Å². The maximum atomic E-state index is 8.12. The van der Waals surface area contributed by atoms with E-state index in [0.29, 0.717) is 0 Å². The summed E-state index contributed by atoms with van der Waals surface area (Å²) >= 11 is 4.84. The Kier molecular flexibility index (Phi) is 2.24. The molecule has 9 heavy (non-hydrogen) atoms. The Labute approximate surface area is 64.9 Å². The molecule has 1 aromatic rings. The van der Waals surface area contributed by atoms with Crippen LogP contribution in [-0.2, 0) is 0 Å². The molecule has 0 aliphatic rings. The number of thiophene rings is 1. The Morgan fingerprint density at radius 3 is 3.00 bits per heavy atom. The van der Waals surface area contributed by atoms with Gasteiger partial charge in [0.15, 0.2) is 0 Å². The molecule has 0 radical (unpaired) electrons. The minimum absolute atomic E-state index is 0.905. The second kappa shape index (κ2) is 2.98. The van der Waals surface area contributed by atoms with Crippen LogP contribution in [0.4, 0.5) is 0 Å². The fourth-order valence-electron chi connectivity index (χ4n) is 0.457. The molecule has 48 valence electrons. The maximum Gasteiger partial charge on any atom is 0.0787 e. The van der Waals surface area contributed by atoms with Crippen LogP contribution in [0.3, 0.4) is 0 Å². The van der Waals surface area contributed by atoms with Crippen LogP contribution >= 0.6 is 27.3 Å². The summed E-state index contributed by atoms with van der Waals surface area (Å²) in [6, 6.07) is 1.87. The van der Waals surface area contributed by atoms with Crippen molar-refractivity contribution in [3.8, 4) is 0 Å². The number of hydrogen-bond acceptors (Lipinski definition) is 3. The van der Waals surface area contributed by atoms with Crippen molar-refractivity contribution in [2.45, 2.75) is 0 Å². The summed E-state index contributed by atoms with van der Waals surface area (Å²) < 4.78 is 0.986. The molecule has 1 heterocycles. The van der Waals surface area contributed by atoms with Crippen molar-refractivity contribution in [2.75, 3.05) is 0 Å².